The Morgan fingerprint density at radius 3 is 2.42 bits per heavy atom. The van der Waals surface area contributed by atoms with E-state index in [9.17, 15) is 22.8 Å². The summed E-state index contributed by atoms with van der Waals surface area (Å²) in [7, 11) is 0. The maximum absolute atomic E-state index is 14.4. The Kier molecular flexibility index (Phi) is 6.47. The van der Waals surface area contributed by atoms with Gasteiger partial charge in [0.05, 0.1) is 5.56 Å². The van der Waals surface area contributed by atoms with E-state index in [1.54, 1.807) is 19.1 Å². The van der Waals surface area contributed by atoms with Crippen molar-refractivity contribution in [2.75, 3.05) is 0 Å². The van der Waals surface area contributed by atoms with Crippen LogP contribution in [0.5, 0.6) is 0 Å². The van der Waals surface area contributed by atoms with Crippen molar-refractivity contribution in [1.29, 1.82) is 0 Å². The molecule has 0 spiro atoms. The van der Waals surface area contributed by atoms with Gasteiger partial charge in [-0.1, -0.05) is 53.7 Å². The molecule has 1 aromatic heterocycles. The van der Waals surface area contributed by atoms with E-state index in [0.29, 0.717) is 29.0 Å². The number of aromatic nitrogens is 1. The van der Waals surface area contributed by atoms with E-state index in [2.05, 4.69) is 5.32 Å². The molecule has 1 saturated carbocycles. The van der Waals surface area contributed by atoms with Crippen molar-refractivity contribution in [3.05, 3.63) is 68.8 Å². The molecule has 1 heterocycles. The van der Waals surface area contributed by atoms with Crippen LogP contribution in [0.2, 0.25) is 10.0 Å². The van der Waals surface area contributed by atoms with Crippen molar-refractivity contribution in [3.63, 3.8) is 0 Å². The zero-order valence-electron chi connectivity index (χ0n) is 17.7. The zero-order chi connectivity index (χ0) is 23.9. The minimum Gasteiger partial charge on any atom is -0.346 e. The molecule has 33 heavy (non-hydrogen) atoms. The van der Waals surface area contributed by atoms with Crippen LogP contribution in [-0.2, 0) is 17.5 Å². The Morgan fingerprint density at radius 2 is 1.79 bits per heavy atom. The van der Waals surface area contributed by atoms with Crippen LogP contribution in [0.25, 0.3) is 10.9 Å². The molecule has 4 nitrogen and oxygen atoms in total. The molecule has 9 heteroatoms. The van der Waals surface area contributed by atoms with Crippen LogP contribution in [0.3, 0.4) is 0 Å². The summed E-state index contributed by atoms with van der Waals surface area (Å²) in [5.41, 5.74) is -0.542. The number of halogens is 5. The van der Waals surface area contributed by atoms with Crippen molar-refractivity contribution < 1.29 is 22.8 Å². The number of carbonyl (C=O) groups is 2. The molecule has 2 aromatic carbocycles. The van der Waals surface area contributed by atoms with Crippen LogP contribution in [0.4, 0.5) is 13.2 Å². The first-order valence-corrected chi connectivity index (χ1v) is 11.3. The highest BCUT2D eigenvalue weighted by molar-refractivity contribution is 6.45. The summed E-state index contributed by atoms with van der Waals surface area (Å²) >= 11 is 12.2. The van der Waals surface area contributed by atoms with Gasteiger partial charge in [-0.3, -0.25) is 9.59 Å². The van der Waals surface area contributed by atoms with Crippen LogP contribution < -0.4 is 5.32 Å². The normalized spacial score (nSPS) is 14.7. The maximum Gasteiger partial charge on any atom is 0.432 e. The lowest BCUT2D eigenvalue weighted by Gasteiger charge is -2.16. The first-order valence-electron chi connectivity index (χ1n) is 10.6. The van der Waals surface area contributed by atoms with Gasteiger partial charge in [-0.2, -0.15) is 13.2 Å². The number of hydrogen-bond donors (Lipinski definition) is 1. The number of aryl methyl sites for hydroxylation is 1. The summed E-state index contributed by atoms with van der Waals surface area (Å²) in [6, 6.07) is 9.01. The first-order chi connectivity index (χ1) is 15.6. The summed E-state index contributed by atoms with van der Waals surface area (Å²) in [5, 5.41) is 3.25. The lowest BCUT2D eigenvalue weighted by molar-refractivity contribution is -0.143. The number of rotatable bonds is 5. The van der Waals surface area contributed by atoms with Gasteiger partial charge in [-0.25, -0.2) is 0 Å². The van der Waals surface area contributed by atoms with Crippen LogP contribution in [0.15, 0.2) is 36.4 Å². The van der Waals surface area contributed by atoms with Gasteiger partial charge in [-0.05, 0) is 49.6 Å². The number of nitrogens with one attached hydrogen (secondary N) is 1. The summed E-state index contributed by atoms with van der Waals surface area (Å²) in [6.07, 6.45) is -1.65. The Bertz CT molecular complexity index is 1240. The maximum atomic E-state index is 14.4. The molecule has 0 bridgehead atoms. The molecule has 0 aliphatic heterocycles. The standard InChI is InChI=1S/C24H21Cl2F3N2O2/c1-13-6-9-19-17(10-13)20(21(32)23(33)30-16-4-2-3-5-16)22(24(27,28)29)31(19)12-14-7-8-15(25)11-18(14)26/h6-11,16H,2-5,12H2,1H3,(H,30,33). The predicted octanol–water partition coefficient (Wildman–Crippen LogP) is 6.57. The lowest BCUT2D eigenvalue weighted by atomic mass is 10.0. The molecule has 1 aliphatic carbocycles. The fourth-order valence-electron chi connectivity index (χ4n) is 4.41. The molecule has 0 atom stereocenters. The molecule has 4 rings (SSSR count). The van der Waals surface area contributed by atoms with Crippen molar-refractivity contribution in [2.24, 2.45) is 0 Å². The number of Topliss-reactive ketones (excluding diaryl/α,β-unsaturated/α-hetero) is 1. The van der Waals surface area contributed by atoms with Crippen molar-refractivity contribution in [3.8, 4) is 0 Å². The summed E-state index contributed by atoms with van der Waals surface area (Å²) in [6.45, 7) is 1.47. The van der Waals surface area contributed by atoms with Crippen LogP contribution in [-0.4, -0.2) is 22.3 Å². The largest absolute Gasteiger partial charge is 0.432 e. The van der Waals surface area contributed by atoms with Crippen molar-refractivity contribution in [1.82, 2.24) is 9.88 Å². The number of nitrogens with zero attached hydrogens (tertiary/aromatic N) is 1. The number of fused-ring (bicyclic) bond motifs is 1. The van der Waals surface area contributed by atoms with Crippen LogP contribution in [0.1, 0.15) is 52.9 Å². The number of ketones is 1. The van der Waals surface area contributed by atoms with Gasteiger partial charge in [0.2, 0.25) is 0 Å². The number of alkyl halides is 3. The molecule has 1 fully saturated rings. The van der Waals surface area contributed by atoms with Gasteiger partial charge in [0.1, 0.15) is 5.69 Å². The highest BCUT2D eigenvalue weighted by Gasteiger charge is 2.42. The molecule has 3 aromatic rings. The number of hydrogen-bond acceptors (Lipinski definition) is 2. The van der Waals surface area contributed by atoms with Crippen LogP contribution in [0, 0.1) is 6.92 Å². The van der Waals surface area contributed by atoms with Gasteiger partial charge in [-0.15, -0.1) is 0 Å². The Morgan fingerprint density at radius 1 is 1.09 bits per heavy atom. The molecule has 0 unspecified atom stereocenters. The van der Waals surface area contributed by atoms with E-state index in [-0.39, 0.29) is 28.5 Å². The molecule has 0 saturated heterocycles. The second kappa shape index (κ2) is 9.03. The number of carbonyl (C=O) groups excluding carboxylic acids is 2. The third kappa shape index (κ3) is 4.75. The van der Waals surface area contributed by atoms with Gasteiger partial charge in [0.25, 0.3) is 11.7 Å². The Balaban J connectivity index is 1.89. The first kappa shape index (κ1) is 23.6. The third-order valence-electron chi connectivity index (χ3n) is 5.95. The monoisotopic (exact) mass is 496 g/mol. The second-order valence-corrected chi connectivity index (χ2v) is 9.19. The van der Waals surface area contributed by atoms with Gasteiger partial charge in [0, 0.05) is 33.5 Å². The van der Waals surface area contributed by atoms with Gasteiger partial charge >= 0.3 is 6.18 Å². The number of amides is 1. The smallest absolute Gasteiger partial charge is 0.346 e. The molecular weight excluding hydrogens is 476 g/mol. The average Bonchev–Trinajstić information content (AvgIpc) is 3.35. The molecule has 0 radical (unpaired) electrons. The van der Waals surface area contributed by atoms with E-state index < -0.39 is 29.1 Å². The third-order valence-corrected chi connectivity index (χ3v) is 6.54. The van der Waals surface area contributed by atoms with Crippen LogP contribution >= 0.6 is 23.2 Å². The summed E-state index contributed by atoms with van der Waals surface area (Å²) in [4.78, 5) is 25.8. The molecule has 1 N–H and O–H groups in total. The Hall–Kier alpha value is -2.51. The SMILES string of the molecule is Cc1ccc2c(c1)c(C(=O)C(=O)NC1CCCC1)c(C(F)(F)F)n2Cc1ccc(Cl)cc1Cl. The Labute approximate surface area is 198 Å². The molecular formula is C24H21Cl2F3N2O2. The molecule has 1 amide bonds. The fraction of sp³-hybridized carbons (Fsp3) is 0.333. The molecule has 1 aliphatic rings. The van der Waals surface area contributed by atoms with Crippen molar-refractivity contribution >= 4 is 45.8 Å². The van der Waals surface area contributed by atoms with Crippen molar-refractivity contribution in [2.45, 2.75) is 51.4 Å². The quantitative estimate of drug-likeness (QED) is 0.321. The van der Waals surface area contributed by atoms with Gasteiger partial charge in [0.15, 0.2) is 0 Å². The lowest BCUT2D eigenvalue weighted by Crippen LogP contribution is -2.38. The average molecular weight is 497 g/mol. The summed E-state index contributed by atoms with van der Waals surface area (Å²) in [5.74, 6) is -2.21. The fourth-order valence-corrected chi connectivity index (χ4v) is 4.88. The van der Waals surface area contributed by atoms with E-state index in [1.807, 2.05) is 0 Å². The second-order valence-electron chi connectivity index (χ2n) is 8.35. The van der Waals surface area contributed by atoms with E-state index in [0.717, 1.165) is 17.4 Å². The zero-order valence-corrected chi connectivity index (χ0v) is 19.2. The molecule has 174 valence electrons. The highest BCUT2D eigenvalue weighted by Crippen LogP contribution is 2.40. The van der Waals surface area contributed by atoms with E-state index in [1.165, 1.54) is 24.3 Å². The van der Waals surface area contributed by atoms with E-state index >= 15 is 0 Å². The van der Waals surface area contributed by atoms with E-state index in [4.69, 9.17) is 23.2 Å². The number of benzene rings is 2. The highest BCUT2D eigenvalue weighted by atomic mass is 35.5. The predicted molar refractivity (Wildman–Crippen MR) is 122 cm³/mol. The summed E-state index contributed by atoms with van der Waals surface area (Å²) < 4.78 is 44.2. The van der Waals surface area contributed by atoms with Gasteiger partial charge < -0.3 is 9.88 Å². The topological polar surface area (TPSA) is 51.1 Å². The minimum atomic E-state index is -4.88. The minimum absolute atomic E-state index is 0.0824.